The Morgan fingerprint density at radius 2 is 1.76 bits per heavy atom. The lowest BCUT2D eigenvalue weighted by Crippen LogP contribution is -2.21. The molecular formula is C18H19NO2. The molecule has 21 heavy (non-hydrogen) atoms. The van der Waals surface area contributed by atoms with E-state index < -0.39 is 0 Å². The van der Waals surface area contributed by atoms with Gasteiger partial charge in [-0.3, -0.25) is 4.79 Å². The van der Waals surface area contributed by atoms with Crippen LogP contribution in [-0.4, -0.2) is 18.4 Å². The first-order valence-corrected chi connectivity index (χ1v) is 7.34. The van der Waals surface area contributed by atoms with Gasteiger partial charge in [-0.05, 0) is 42.7 Å². The van der Waals surface area contributed by atoms with Crippen molar-refractivity contribution in [2.45, 2.75) is 24.9 Å². The molecule has 1 unspecified atom stereocenters. The highest BCUT2D eigenvalue weighted by molar-refractivity contribution is 6.01. The Hall–Kier alpha value is -2.13. The molecule has 108 valence electrons. The van der Waals surface area contributed by atoms with Crippen LogP contribution in [0.15, 0.2) is 54.6 Å². The van der Waals surface area contributed by atoms with Crippen LogP contribution in [0.5, 0.6) is 5.75 Å². The van der Waals surface area contributed by atoms with Gasteiger partial charge in [0.25, 0.3) is 0 Å². The maximum atomic E-state index is 12.6. The van der Waals surface area contributed by atoms with Crippen LogP contribution in [0.2, 0.25) is 0 Å². The average Bonchev–Trinajstić information content (AvgIpc) is 3.34. The van der Waals surface area contributed by atoms with E-state index in [0.717, 1.165) is 24.2 Å². The average molecular weight is 281 g/mol. The van der Waals surface area contributed by atoms with Crippen molar-refractivity contribution in [1.82, 2.24) is 0 Å². The third kappa shape index (κ3) is 3.31. The summed E-state index contributed by atoms with van der Waals surface area (Å²) >= 11 is 0. The summed E-state index contributed by atoms with van der Waals surface area (Å²) in [5, 5.41) is 0. The lowest BCUT2D eigenvalue weighted by atomic mass is 9.91. The molecule has 0 radical (unpaired) electrons. The second-order valence-electron chi connectivity index (χ2n) is 5.40. The van der Waals surface area contributed by atoms with Gasteiger partial charge in [-0.15, -0.1) is 0 Å². The Balaban J connectivity index is 1.76. The number of carbonyl (C=O) groups is 1. The van der Waals surface area contributed by atoms with Crippen molar-refractivity contribution < 1.29 is 9.53 Å². The maximum Gasteiger partial charge on any atom is 0.171 e. The number of carbonyl (C=O) groups excluding carboxylic acids is 1. The van der Waals surface area contributed by atoms with Crippen LogP contribution in [0, 0.1) is 0 Å². The molecule has 0 bridgehead atoms. The van der Waals surface area contributed by atoms with Gasteiger partial charge in [0.05, 0.1) is 12.0 Å². The Morgan fingerprint density at radius 3 is 2.33 bits per heavy atom. The van der Waals surface area contributed by atoms with Gasteiger partial charge >= 0.3 is 0 Å². The molecule has 1 saturated carbocycles. The first kappa shape index (κ1) is 13.8. The van der Waals surface area contributed by atoms with Crippen molar-refractivity contribution in [2.75, 3.05) is 6.54 Å². The SMILES string of the molecule is NCC(C(=O)c1ccc(OC2CC2)cc1)c1ccccc1. The fourth-order valence-electron chi connectivity index (χ4n) is 2.36. The predicted octanol–water partition coefficient (Wildman–Crippen LogP) is 3.15. The van der Waals surface area contributed by atoms with E-state index >= 15 is 0 Å². The van der Waals surface area contributed by atoms with E-state index in [1.165, 1.54) is 0 Å². The lowest BCUT2D eigenvalue weighted by Gasteiger charge is -2.14. The van der Waals surface area contributed by atoms with Crippen molar-refractivity contribution in [3.8, 4) is 5.75 Å². The van der Waals surface area contributed by atoms with Crippen LogP contribution >= 0.6 is 0 Å². The molecule has 3 nitrogen and oxygen atoms in total. The van der Waals surface area contributed by atoms with Gasteiger partial charge in [0.1, 0.15) is 5.75 Å². The predicted molar refractivity (Wildman–Crippen MR) is 82.7 cm³/mol. The summed E-state index contributed by atoms with van der Waals surface area (Å²) in [6.45, 7) is 0.309. The number of hydrogen-bond acceptors (Lipinski definition) is 3. The molecule has 0 aliphatic heterocycles. The second kappa shape index (κ2) is 6.10. The molecule has 3 rings (SSSR count). The maximum absolute atomic E-state index is 12.6. The van der Waals surface area contributed by atoms with E-state index in [1.807, 2.05) is 54.6 Å². The molecule has 0 saturated heterocycles. The zero-order valence-electron chi connectivity index (χ0n) is 11.9. The third-order valence-corrected chi connectivity index (χ3v) is 3.72. The van der Waals surface area contributed by atoms with Crippen LogP contribution < -0.4 is 10.5 Å². The Labute approximate surface area is 124 Å². The number of rotatable bonds is 6. The van der Waals surface area contributed by atoms with Gasteiger partial charge in [0, 0.05) is 12.1 Å². The van der Waals surface area contributed by atoms with E-state index in [1.54, 1.807) is 0 Å². The molecule has 1 atom stereocenters. The third-order valence-electron chi connectivity index (χ3n) is 3.72. The van der Waals surface area contributed by atoms with E-state index in [0.29, 0.717) is 18.2 Å². The molecule has 3 heteroatoms. The Kier molecular flexibility index (Phi) is 4.02. The van der Waals surface area contributed by atoms with Gasteiger partial charge in [-0.2, -0.15) is 0 Å². The Bertz CT molecular complexity index is 603. The highest BCUT2D eigenvalue weighted by atomic mass is 16.5. The summed E-state index contributed by atoms with van der Waals surface area (Å²) < 4.78 is 5.70. The van der Waals surface area contributed by atoms with Crippen molar-refractivity contribution in [3.63, 3.8) is 0 Å². The van der Waals surface area contributed by atoms with Crippen molar-refractivity contribution in [2.24, 2.45) is 5.73 Å². The molecule has 1 aliphatic rings. The summed E-state index contributed by atoms with van der Waals surface area (Å²) in [4.78, 5) is 12.6. The first-order valence-electron chi connectivity index (χ1n) is 7.34. The normalized spacial score (nSPS) is 15.5. The van der Waals surface area contributed by atoms with Crippen LogP contribution in [-0.2, 0) is 0 Å². The fourth-order valence-corrected chi connectivity index (χ4v) is 2.36. The van der Waals surface area contributed by atoms with Crippen molar-refractivity contribution in [3.05, 3.63) is 65.7 Å². The van der Waals surface area contributed by atoms with Gasteiger partial charge in [0.2, 0.25) is 0 Å². The second-order valence-corrected chi connectivity index (χ2v) is 5.40. The zero-order chi connectivity index (χ0) is 14.7. The van der Waals surface area contributed by atoms with Crippen LogP contribution in [0.3, 0.4) is 0 Å². The number of nitrogens with two attached hydrogens (primary N) is 1. The van der Waals surface area contributed by atoms with Gasteiger partial charge in [0.15, 0.2) is 5.78 Å². The zero-order valence-corrected chi connectivity index (χ0v) is 11.9. The Morgan fingerprint density at radius 1 is 1.10 bits per heavy atom. The summed E-state index contributed by atoms with van der Waals surface area (Å²) in [5.41, 5.74) is 7.44. The number of Topliss-reactive ketones (excluding diaryl/α,β-unsaturated/α-hetero) is 1. The highest BCUT2D eigenvalue weighted by Crippen LogP contribution is 2.27. The molecule has 0 spiro atoms. The topological polar surface area (TPSA) is 52.3 Å². The molecule has 2 aromatic rings. The fraction of sp³-hybridized carbons (Fsp3) is 0.278. The highest BCUT2D eigenvalue weighted by Gasteiger charge is 2.24. The molecule has 2 aromatic carbocycles. The van der Waals surface area contributed by atoms with Gasteiger partial charge < -0.3 is 10.5 Å². The van der Waals surface area contributed by atoms with Crippen LogP contribution in [0.4, 0.5) is 0 Å². The smallest absolute Gasteiger partial charge is 0.171 e. The largest absolute Gasteiger partial charge is 0.490 e. The number of ketones is 1. The molecule has 1 aliphatic carbocycles. The molecular weight excluding hydrogens is 262 g/mol. The summed E-state index contributed by atoms with van der Waals surface area (Å²) in [5.74, 6) is 0.598. The molecule has 0 heterocycles. The van der Waals surface area contributed by atoms with Crippen LogP contribution in [0.1, 0.15) is 34.7 Å². The minimum absolute atomic E-state index is 0.0571. The van der Waals surface area contributed by atoms with Gasteiger partial charge in [-0.25, -0.2) is 0 Å². The van der Waals surface area contributed by atoms with Crippen molar-refractivity contribution in [1.29, 1.82) is 0 Å². The quantitative estimate of drug-likeness (QED) is 0.827. The van der Waals surface area contributed by atoms with Crippen molar-refractivity contribution >= 4 is 5.78 Å². The molecule has 0 aromatic heterocycles. The number of hydrogen-bond donors (Lipinski definition) is 1. The molecule has 1 fully saturated rings. The molecule has 2 N–H and O–H groups in total. The summed E-state index contributed by atoms with van der Waals surface area (Å²) in [6.07, 6.45) is 2.63. The summed E-state index contributed by atoms with van der Waals surface area (Å²) in [6, 6.07) is 17.1. The van der Waals surface area contributed by atoms with E-state index in [-0.39, 0.29) is 11.7 Å². The standard InChI is InChI=1S/C18H19NO2/c19-12-17(13-4-2-1-3-5-13)18(20)14-6-8-15(9-7-14)21-16-10-11-16/h1-9,16-17H,10-12,19H2. The number of ether oxygens (including phenoxy) is 1. The van der Waals surface area contributed by atoms with Crippen LogP contribution in [0.25, 0.3) is 0 Å². The summed E-state index contributed by atoms with van der Waals surface area (Å²) in [7, 11) is 0. The number of benzene rings is 2. The van der Waals surface area contributed by atoms with Gasteiger partial charge in [-0.1, -0.05) is 30.3 Å². The molecule has 0 amide bonds. The minimum Gasteiger partial charge on any atom is -0.490 e. The monoisotopic (exact) mass is 281 g/mol. The van der Waals surface area contributed by atoms with E-state index in [4.69, 9.17) is 10.5 Å². The first-order chi connectivity index (χ1) is 10.3. The lowest BCUT2D eigenvalue weighted by molar-refractivity contribution is 0.0962. The minimum atomic E-state index is -0.290. The van der Waals surface area contributed by atoms with E-state index in [2.05, 4.69) is 0 Å². The van der Waals surface area contributed by atoms with E-state index in [9.17, 15) is 4.79 Å².